The third-order valence-corrected chi connectivity index (χ3v) is 4.04. The highest BCUT2D eigenvalue weighted by Crippen LogP contribution is 2.16. The Bertz CT molecular complexity index is 936. The number of nitrogens with zero attached hydrogens (tertiary/aromatic N) is 1. The van der Waals surface area contributed by atoms with Crippen molar-refractivity contribution in [3.63, 3.8) is 0 Å². The molecule has 0 radical (unpaired) electrons. The van der Waals surface area contributed by atoms with Crippen molar-refractivity contribution in [1.29, 1.82) is 0 Å². The molecule has 6 heteroatoms. The maximum absolute atomic E-state index is 13.1. The number of hydrogen-bond acceptors (Lipinski definition) is 4. The van der Waals surface area contributed by atoms with Crippen LogP contribution in [0, 0.1) is 5.82 Å². The molecule has 0 bridgehead atoms. The number of esters is 1. The van der Waals surface area contributed by atoms with Gasteiger partial charge in [-0.1, -0.05) is 30.3 Å². The molecule has 3 rings (SSSR count). The Balaban J connectivity index is 1.85. The van der Waals surface area contributed by atoms with Gasteiger partial charge in [-0.15, -0.1) is 0 Å². The van der Waals surface area contributed by atoms with Gasteiger partial charge in [0.1, 0.15) is 11.9 Å². The molecule has 2 aromatic carbocycles. The number of benzene rings is 2. The Morgan fingerprint density at radius 3 is 2.58 bits per heavy atom. The number of aromatic nitrogens is 1. The predicted molar refractivity (Wildman–Crippen MR) is 95.1 cm³/mol. The maximum atomic E-state index is 13.1. The Hall–Kier alpha value is -3.28. The van der Waals surface area contributed by atoms with Crippen LogP contribution in [0.2, 0.25) is 0 Å². The van der Waals surface area contributed by atoms with Gasteiger partial charge in [-0.05, 0) is 29.8 Å². The SMILES string of the molecule is COC(=O)[C@@H](Cc1ccc(F)cc1)NC(=O)c1ccnc2ccccc12. The van der Waals surface area contributed by atoms with Crippen molar-refractivity contribution < 1.29 is 18.7 Å². The van der Waals surface area contributed by atoms with Crippen molar-refractivity contribution in [1.82, 2.24) is 10.3 Å². The van der Waals surface area contributed by atoms with E-state index in [1.165, 1.54) is 19.2 Å². The van der Waals surface area contributed by atoms with Gasteiger partial charge in [0.25, 0.3) is 5.91 Å². The molecule has 0 unspecified atom stereocenters. The number of carbonyl (C=O) groups is 2. The van der Waals surface area contributed by atoms with Crippen LogP contribution in [-0.2, 0) is 16.0 Å². The summed E-state index contributed by atoms with van der Waals surface area (Å²) in [5.74, 6) is -1.34. The number of para-hydroxylation sites is 1. The number of halogens is 1. The van der Waals surface area contributed by atoms with Crippen LogP contribution in [0.1, 0.15) is 15.9 Å². The quantitative estimate of drug-likeness (QED) is 0.717. The van der Waals surface area contributed by atoms with E-state index < -0.39 is 17.9 Å². The van der Waals surface area contributed by atoms with E-state index in [0.717, 1.165) is 0 Å². The molecule has 0 spiro atoms. The van der Waals surface area contributed by atoms with E-state index in [4.69, 9.17) is 4.74 Å². The highest BCUT2D eigenvalue weighted by atomic mass is 19.1. The standard InChI is InChI=1S/C20H17FN2O3/c1-26-20(25)18(12-13-6-8-14(21)9-7-13)23-19(24)16-10-11-22-17-5-3-2-4-15(16)17/h2-11,18H,12H2,1H3,(H,23,24)/t18-/m1/s1. The Morgan fingerprint density at radius 1 is 1.12 bits per heavy atom. The minimum absolute atomic E-state index is 0.196. The number of carbonyl (C=O) groups excluding carboxylic acids is 2. The summed E-state index contributed by atoms with van der Waals surface area (Å²) in [6, 6.07) is 13.7. The lowest BCUT2D eigenvalue weighted by Gasteiger charge is -2.17. The van der Waals surface area contributed by atoms with Crippen LogP contribution in [0.3, 0.4) is 0 Å². The average molecular weight is 352 g/mol. The molecule has 1 amide bonds. The number of methoxy groups -OCH3 is 1. The normalized spacial score (nSPS) is 11.8. The third kappa shape index (κ3) is 3.85. The van der Waals surface area contributed by atoms with Crippen molar-refractivity contribution in [3.05, 3.63) is 77.7 Å². The Morgan fingerprint density at radius 2 is 1.85 bits per heavy atom. The molecule has 0 aliphatic heterocycles. The topological polar surface area (TPSA) is 68.3 Å². The maximum Gasteiger partial charge on any atom is 0.328 e. The number of nitrogens with one attached hydrogen (secondary N) is 1. The van der Waals surface area contributed by atoms with E-state index in [2.05, 4.69) is 10.3 Å². The number of hydrogen-bond donors (Lipinski definition) is 1. The monoisotopic (exact) mass is 352 g/mol. The van der Waals surface area contributed by atoms with Crippen molar-refractivity contribution in [2.75, 3.05) is 7.11 Å². The molecule has 1 heterocycles. The van der Waals surface area contributed by atoms with Crippen molar-refractivity contribution in [2.45, 2.75) is 12.5 Å². The highest BCUT2D eigenvalue weighted by Gasteiger charge is 2.23. The molecule has 0 aliphatic carbocycles. The summed E-state index contributed by atoms with van der Waals surface area (Å²) in [5.41, 5.74) is 1.82. The van der Waals surface area contributed by atoms with Gasteiger partial charge in [-0.3, -0.25) is 9.78 Å². The van der Waals surface area contributed by atoms with Gasteiger partial charge in [-0.25, -0.2) is 9.18 Å². The largest absolute Gasteiger partial charge is 0.467 e. The molecule has 132 valence electrons. The molecule has 0 saturated carbocycles. The summed E-state index contributed by atoms with van der Waals surface area (Å²) in [4.78, 5) is 29.0. The van der Waals surface area contributed by atoms with Crippen molar-refractivity contribution in [2.24, 2.45) is 0 Å². The van der Waals surface area contributed by atoms with Crippen LogP contribution < -0.4 is 5.32 Å². The number of rotatable bonds is 5. The number of fused-ring (bicyclic) bond motifs is 1. The first-order valence-electron chi connectivity index (χ1n) is 8.05. The van der Waals surface area contributed by atoms with Gasteiger partial charge in [0.15, 0.2) is 0 Å². The molecular formula is C20H17FN2O3. The second-order valence-electron chi connectivity index (χ2n) is 5.76. The summed E-state index contributed by atoms with van der Waals surface area (Å²) in [6.07, 6.45) is 1.74. The second kappa shape index (κ2) is 7.74. The molecule has 1 N–H and O–H groups in total. The molecule has 0 fully saturated rings. The lowest BCUT2D eigenvalue weighted by atomic mass is 10.0. The van der Waals surface area contributed by atoms with Gasteiger partial charge >= 0.3 is 5.97 Å². The third-order valence-electron chi connectivity index (χ3n) is 4.04. The number of amides is 1. The summed E-state index contributed by atoms with van der Waals surface area (Å²) in [7, 11) is 1.26. The van der Waals surface area contributed by atoms with E-state index >= 15 is 0 Å². The minimum atomic E-state index is -0.884. The first-order valence-corrected chi connectivity index (χ1v) is 8.05. The van der Waals surface area contributed by atoms with Crippen LogP contribution >= 0.6 is 0 Å². The molecule has 26 heavy (non-hydrogen) atoms. The molecule has 1 aromatic heterocycles. The van der Waals surface area contributed by atoms with E-state index in [1.807, 2.05) is 18.2 Å². The van der Waals surface area contributed by atoms with Crippen molar-refractivity contribution in [3.8, 4) is 0 Å². The number of ether oxygens (including phenoxy) is 1. The average Bonchev–Trinajstić information content (AvgIpc) is 2.68. The first kappa shape index (κ1) is 17.5. The van der Waals surface area contributed by atoms with E-state index in [1.54, 1.807) is 30.5 Å². The zero-order valence-electron chi connectivity index (χ0n) is 14.1. The fourth-order valence-corrected chi connectivity index (χ4v) is 2.72. The predicted octanol–water partition coefficient (Wildman–Crippen LogP) is 2.89. The molecule has 1 atom stereocenters. The Labute approximate surface area is 149 Å². The highest BCUT2D eigenvalue weighted by molar-refractivity contribution is 6.07. The van der Waals surface area contributed by atoms with Gasteiger partial charge < -0.3 is 10.1 Å². The molecular weight excluding hydrogens is 335 g/mol. The Kier molecular flexibility index (Phi) is 5.22. The van der Waals surface area contributed by atoms with Crippen LogP contribution in [0.4, 0.5) is 4.39 Å². The second-order valence-corrected chi connectivity index (χ2v) is 5.76. The number of pyridine rings is 1. The molecule has 5 nitrogen and oxygen atoms in total. The minimum Gasteiger partial charge on any atom is -0.467 e. The zero-order chi connectivity index (χ0) is 18.5. The van der Waals surface area contributed by atoms with Crippen molar-refractivity contribution >= 4 is 22.8 Å². The zero-order valence-corrected chi connectivity index (χ0v) is 14.1. The lowest BCUT2D eigenvalue weighted by Crippen LogP contribution is -2.43. The van der Waals surface area contributed by atoms with Gasteiger partial charge in [0.2, 0.25) is 0 Å². The fraction of sp³-hybridized carbons (Fsp3) is 0.150. The van der Waals surface area contributed by atoms with Crippen LogP contribution in [0.25, 0.3) is 10.9 Å². The smallest absolute Gasteiger partial charge is 0.328 e. The van der Waals surface area contributed by atoms with Gasteiger partial charge in [-0.2, -0.15) is 0 Å². The van der Waals surface area contributed by atoms with Crippen LogP contribution in [-0.4, -0.2) is 30.0 Å². The summed E-state index contributed by atoms with van der Waals surface area (Å²) >= 11 is 0. The van der Waals surface area contributed by atoms with Gasteiger partial charge in [0.05, 0.1) is 18.2 Å². The van der Waals surface area contributed by atoms with Crippen LogP contribution in [0.5, 0.6) is 0 Å². The van der Waals surface area contributed by atoms with Gasteiger partial charge in [0, 0.05) is 18.0 Å². The summed E-state index contributed by atoms with van der Waals surface area (Å²) < 4.78 is 17.9. The molecule has 3 aromatic rings. The van der Waals surface area contributed by atoms with E-state index in [0.29, 0.717) is 22.0 Å². The lowest BCUT2D eigenvalue weighted by molar-refractivity contribution is -0.142. The van der Waals surface area contributed by atoms with Crippen LogP contribution in [0.15, 0.2) is 60.8 Å². The molecule has 0 aliphatic rings. The van der Waals surface area contributed by atoms with E-state index in [-0.39, 0.29) is 12.2 Å². The van der Waals surface area contributed by atoms with E-state index in [9.17, 15) is 14.0 Å². The first-order chi connectivity index (χ1) is 12.6. The summed E-state index contributed by atoms with van der Waals surface area (Å²) in [6.45, 7) is 0. The summed E-state index contributed by atoms with van der Waals surface area (Å²) in [5, 5.41) is 3.40. The molecule has 0 saturated heterocycles. The fourth-order valence-electron chi connectivity index (χ4n) is 2.72.